The topological polar surface area (TPSA) is 139 Å². The van der Waals surface area contributed by atoms with Crippen LogP contribution in [0.15, 0.2) is 42.5 Å². The first-order valence-corrected chi connectivity index (χ1v) is 17.7. The summed E-state index contributed by atoms with van der Waals surface area (Å²) in [6, 6.07) is 7.77. The van der Waals surface area contributed by atoms with Crippen LogP contribution in [0.3, 0.4) is 0 Å². The summed E-state index contributed by atoms with van der Waals surface area (Å²) >= 11 is 0. The van der Waals surface area contributed by atoms with Crippen LogP contribution in [0.1, 0.15) is 83.9 Å². The highest BCUT2D eigenvalue weighted by atomic mass is 32.2. The molecule has 0 saturated carbocycles. The number of hydrogen-bond acceptors (Lipinski definition) is 7. The third-order valence-electron chi connectivity index (χ3n) is 7.48. The van der Waals surface area contributed by atoms with Crippen LogP contribution in [0, 0.1) is 11.6 Å². The average molecular weight is 668 g/mol. The SMILES string of the molecule is CCCC(CCC)S(=O)(=O)C[C@H](N)C(=O)N[C@@H](Cc1cc(F)cc(F)c1)[C@H](O)CN(Cc1cccc(CC)c1)C(=O)OC(C)(C)C. The Kier molecular flexibility index (Phi) is 15.1. The van der Waals surface area contributed by atoms with Crippen LogP contribution in [0.5, 0.6) is 0 Å². The van der Waals surface area contributed by atoms with Crippen molar-refractivity contribution in [3.63, 3.8) is 0 Å². The lowest BCUT2D eigenvalue weighted by Crippen LogP contribution is -2.55. The van der Waals surface area contributed by atoms with Gasteiger partial charge in [-0.3, -0.25) is 4.79 Å². The third kappa shape index (κ3) is 13.0. The van der Waals surface area contributed by atoms with Crippen molar-refractivity contribution < 1.29 is 36.6 Å². The monoisotopic (exact) mass is 667 g/mol. The predicted octanol–water partition coefficient (Wildman–Crippen LogP) is 5.06. The van der Waals surface area contributed by atoms with Crippen molar-refractivity contribution >= 4 is 21.8 Å². The second-order valence-corrected chi connectivity index (χ2v) is 15.2. The van der Waals surface area contributed by atoms with Crippen molar-refractivity contribution in [2.75, 3.05) is 12.3 Å². The number of benzene rings is 2. The van der Waals surface area contributed by atoms with Crippen LogP contribution in [-0.2, 0) is 38.8 Å². The number of sulfone groups is 1. The molecule has 0 unspecified atom stereocenters. The summed E-state index contributed by atoms with van der Waals surface area (Å²) in [5, 5.41) is 13.5. The smallest absolute Gasteiger partial charge is 0.410 e. The number of hydrogen-bond donors (Lipinski definition) is 3. The maximum absolute atomic E-state index is 14.1. The number of rotatable bonds is 17. The quantitative estimate of drug-likeness (QED) is 0.214. The molecular weight excluding hydrogens is 616 g/mol. The van der Waals surface area contributed by atoms with Gasteiger partial charge >= 0.3 is 6.09 Å². The molecule has 2 aromatic rings. The first-order valence-electron chi connectivity index (χ1n) is 15.9. The van der Waals surface area contributed by atoms with Gasteiger partial charge in [-0.25, -0.2) is 22.0 Å². The Labute approximate surface area is 272 Å². The molecule has 2 aromatic carbocycles. The molecule has 9 nitrogen and oxygen atoms in total. The highest BCUT2D eigenvalue weighted by Gasteiger charge is 2.33. The summed E-state index contributed by atoms with van der Waals surface area (Å²) in [7, 11) is -3.72. The molecule has 2 amide bonds. The molecule has 0 aliphatic heterocycles. The molecule has 0 heterocycles. The molecular formula is C34H51F2N3O6S. The Hall–Kier alpha value is -3.09. The lowest BCUT2D eigenvalue weighted by atomic mass is 9.99. The number of aryl methyl sites for hydroxylation is 1. The number of nitrogens with zero attached hydrogens (tertiary/aromatic N) is 1. The zero-order valence-electron chi connectivity index (χ0n) is 27.9. The molecule has 258 valence electrons. The highest BCUT2D eigenvalue weighted by Crippen LogP contribution is 2.19. The molecule has 0 fully saturated rings. The van der Waals surface area contributed by atoms with Gasteiger partial charge in [-0.05, 0) is 75.3 Å². The molecule has 0 aliphatic rings. The summed E-state index contributed by atoms with van der Waals surface area (Å²) in [5.74, 6) is -3.14. The zero-order valence-corrected chi connectivity index (χ0v) is 28.7. The second-order valence-electron chi connectivity index (χ2n) is 12.8. The van der Waals surface area contributed by atoms with E-state index in [9.17, 15) is 31.9 Å². The lowest BCUT2D eigenvalue weighted by Gasteiger charge is -2.32. The fourth-order valence-corrected chi connectivity index (χ4v) is 7.33. The Balaban J connectivity index is 2.39. The average Bonchev–Trinajstić information content (AvgIpc) is 2.94. The number of amides is 2. The van der Waals surface area contributed by atoms with Gasteiger partial charge < -0.3 is 25.8 Å². The van der Waals surface area contributed by atoms with Crippen LogP contribution in [-0.4, -0.2) is 71.8 Å². The number of aliphatic hydroxyl groups excluding tert-OH is 1. The van der Waals surface area contributed by atoms with Crippen molar-refractivity contribution in [2.45, 2.75) is 116 Å². The number of carbonyl (C=O) groups is 2. The van der Waals surface area contributed by atoms with Gasteiger partial charge in [0.1, 0.15) is 17.2 Å². The number of ether oxygens (including phenoxy) is 1. The highest BCUT2D eigenvalue weighted by molar-refractivity contribution is 7.92. The van der Waals surface area contributed by atoms with Crippen molar-refractivity contribution in [3.05, 3.63) is 70.8 Å². The van der Waals surface area contributed by atoms with E-state index in [0.29, 0.717) is 31.7 Å². The Morgan fingerprint density at radius 1 is 0.978 bits per heavy atom. The van der Waals surface area contributed by atoms with E-state index in [4.69, 9.17) is 10.5 Å². The second kappa shape index (κ2) is 17.7. The van der Waals surface area contributed by atoms with Crippen LogP contribution in [0.2, 0.25) is 0 Å². The van der Waals surface area contributed by atoms with Gasteiger partial charge in [-0.15, -0.1) is 0 Å². The normalized spacial score (nSPS) is 14.1. The molecule has 0 saturated heterocycles. The molecule has 4 N–H and O–H groups in total. The molecule has 0 radical (unpaired) electrons. The van der Waals surface area contributed by atoms with E-state index in [-0.39, 0.29) is 25.1 Å². The molecule has 3 atom stereocenters. The maximum Gasteiger partial charge on any atom is 0.410 e. The Morgan fingerprint density at radius 2 is 1.57 bits per heavy atom. The third-order valence-corrected chi connectivity index (χ3v) is 9.79. The van der Waals surface area contributed by atoms with Gasteiger partial charge in [0.2, 0.25) is 5.91 Å². The zero-order chi connectivity index (χ0) is 34.7. The fourth-order valence-electron chi connectivity index (χ4n) is 5.22. The fraction of sp³-hybridized carbons (Fsp3) is 0.588. The van der Waals surface area contributed by atoms with Crippen LogP contribution >= 0.6 is 0 Å². The number of halogens is 2. The molecule has 0 bridgehead atoms. The molecule has 0 aliphatic carbocycles. The molecule has 0 spiro atoms. The molecule has 2 rings (SSSR count). The van der Waals surface area contributed by atoms with Crippen LogP contribution in [0.4, 0.5) is 13.6 Å². The van der Waals surface area contributed by atoms with E-state index in [1.165, 1.54) is 4.90 Å². The van der Waals surface area contributed by atoms with Crippen molar-refractivity contribution in [1.82, 2.24) is 10.2 Å². The van der Waals surface area contributed by atoms with Gasteiger partial charge in [0, 0.05) is 12.6 Å². The van der Waals surface area contributed by atoms with Crippen LogP contribution < -0.4 is 11.1 Å². The minimum atomic E-state index is -3.72. The molecule has 46 heavy (non-hydrogen) atoms. The standard InChI is InChI=1S/C34H51F2N3O6S/c1-7-11-28(12-8-2)46(43,44)22-29(37)32(41)38-30(18-25-16-26(35)19-27(36)17-25)31(40)21-39(33(42)45-34(4,5)6)20-24-14-10-13-23(9-3)15-24/h10,13-17,19,28-31,40H,7-9,11-12,18,20-22,37H2,1-6H3,(H,38,41)/t29-,30-,31+/m0/s1. The largest absolute Gasteiger partial charge is 0.444 e. The van der Waals surface area contributed by atoms with E-state index in [1.54, 1.807) is 20.8 Å². The van der Waals surface area contributed by atoms with Gasteiger partial charge in [-0.1, -0.05) is 57.9 Å². The van der Waals surface area contributed by atoms with Gasteiger partial charge in [0.05, 0.1) is 35.7 Å². The molecule has 12 heteroatoms. The van der Waals surface area contributed by atoms with E-state index in [1.807, 2.05) is 45.0 Å². The minimum Gasteiger partial charge on any atom is -0.444 e. The minimum absolute atomic E-state index is 0.0725. The van der Waals surface area contributed by atoms with Gasteiger partial charge in [0.15, 0.2) is 9.84 Å². The summed E-state index contributed by atoms with van der Waals surface area (Å²) in [6.45, 7) is 10.6. The summed E-state index contributed by atoms with van der Waals surface area (Å²) in [6.07, 6.45) is 0.556. The van der Waals surface area contributed by atoms with Crippen LogP contribution in [0.25, 0.3) is 0 Å². The predicted molar refractivity (Wildman–Crippen MR) is 176 cm³/mol. The van der Waals surface area contributed by atoms with E-state index in [0.717, 1.165) is 29.7 Å². The van der Waals surface area contributed by atoms with E-state index < -0.39 is 68.3 Å². The number of nitrogens with two attached hydrogens (primary N) is 1. The summed E-state index contributed by atoms with van der Waals surface area (Å²) in [4.78, 5) is 27.9. The molecule has 0 aromatic heterocycles. The lowest BCUT2D eigenvalue weighted by molar-refractivity contribution is -0.123. The first kappa shape index (κ1) is 39.1. The van der Waals surface area contributed by atoms with Crippen molar-refractivity contribution in [2.24, 2.45) is 5.73 Å². The summed E-state index contributed by atoms with van der Waals surface area (Å²) < 4.78 is 60.0. The summed E-state index contributed by atoms with van der Waals surface area (Å²) in [5.41, 5.74) is 7.21. The number of carbonyl (C=O) groups excluding carboxylic acids is 2. The van der Waals surface area contributed by atoms with Crippen molar-refractivity contribution in [1.29, 1.82) is 0 Å². The maximum atomic E-state index is 14.1. The van der Waals surface area contributed by atoms with Gasteiger partial charge in [0.25, 0.3) is 0 Å². The van der Waals surface area contributed by atoms with Gasteiger partial charge in [-0.2, -0.15) is 0 Å². The van der Waals surface area contributed by atoms with E-state index in [2.05, 4.69) is 5.32 Å². The Morgan fingerprint density at radius 3 is 2.11 bits per heavy atom. The van der Waals surface area contributed by atoms with E-state index >= 15 is 0 Å². The number of nitrogens with one attached hydrogen (secondary N) is 1. The number of aliphatic hydroxyl groups is 1. The van der Waals surface area contributed by atoms with Crippen molar-refractivity contribution in [3.8, 4) is 0 Å². The Bertz CT molecular complexity index is 1370. The first-order chi connectivity index (χ1) is 21.5.